The van der Waals surface area contributed by atoms with Crippen LogP contribution in [0.25, 0.3) is 0 Å². The van der Waals surface area contributed by atoms with Gasteiger partial charge in [0.2, 0.25) is 0 Å². The number of carbonyl (C=O) groups excluding carboxylic acids is 1. The van der Waals surface area contributed by atoms with E-state index in [4.69, 9.17) is 16.3 Å². The molecule has 0 bridgehead atoms. The van der Waals surface area contributed by atoms with Crippen LogP contribution in [0.2, 0.25) is 5.02 Å². The van der Waals surface area contributed by atoms with Crippen molar-refractivity contribution in [3.63, 3.8) is 0 Å². The highest BCUT2D eigenvalue weighted by molar-refractivity contribution is 6.30. The van der Waals surface area contributed by atoms with Gasteiger partial charge in [0.05, 0.1) is 23.6 Å². The van der Waals surface area contributed by atoms with Crippen molar-refractivity contribution in [2.75, 3.05) is 7.11 Å². The second-order valence-corrected chi connectivity index (χ2v) is 5.99. The monoisotopic (exact) mass is 346 g/mol. The maximum atomic E-state index is 12.6. The molecule has 1 aliphatic carbocycles. The summed E-state index contributed by atoms with van der Waals surface area (Å²) < 4.78 is 5.15. The predicted molar refractivity (Wildman–Crippen MR) is 89.6 cm³/mol. The third kappa shape index (κ3) is 3.05. The SMILES string of the molecule is COc1ccc([N+](=O)[O-])cc1C(=O)NC1CCc2cc(Cl)ccc21. The first-order valence-corrected chi connectivity index (χ1v) is 7.79. The molecule has 2 aromatic carbocycles. The van der Waals surface area contributed by atoms with Crippen LogP contribution in [0.1, 0.15) is 33.9 Å². The van der Waals surface area contributed by atoms with E-state index in [2.05, 4.69) is 5.32 Å². The van der Waals surface area contributed by atoms with Gasteiger partial charge in [0.1, 0.15) is 5.75 Å². The molecule has 6 nitrogen and oxygen atoms in total. The Morgan fingerprint density at radius 1 is 1.33 bits per heavy atom. The number of hydrogen-bond acceptors (Lipinski definition) is 4. The lowest BCUT2D eigenvalue weighted by atomic mass is 10.1. The number of ether oxygens (including phenoxy) is 1. The molecule has 0 radical (unpaired) electrons. The smallest absolute Gasteiger partial charge is 0.270 e. The van der Waals surface area contributed by atoms with Gasteiger partial charge in [0.15, 0.2) is 0 Å². The van der Waals surface area contributed by atoms with Crippen LogP contribution in [-0.2, 0) is 6.42 Å². The molecule has 1 unspecified atom stereocenters. The molecule has 0 saturated heterocycles. The van der Waals surface area contributed by atoms with E-state index in [1.165, 1.54) is 25.3 Å². The molecule has 3 rings (SSSR count). The Morgan fingerprint density at radius 3 is 2.83 bits per heavy atom. The summed E-state index contributed by atoms with van der Waals surface area (Å²) >= 11 is 5.99. The Hall–Kier alpha value is -2.60. The average molecular weight is 347 g/mol. The fraction of sp³-hybridized carbons (Fsp3) is 0.235. The molecule has 7 heteroatoms. The van der Waals surface area contributed by atoms with Crippen LogP contribution in [0.15, 0.2) is 36.4 Å². The number of nitro benzene ring substituents is 1. The number of nitrogens with zero attached hydrogens (tertiary/aromatic N) is 1. The zero-order valence-electron chi connectivity index (χ0n) is 12.9. The van der Waals surface area contributed by atoms with Gasteiger partial charge in [0.25, 0.3) is 11.6 Å². The maximum absolute atomic E-state index is 12.6. The van der Waals surface area contributed by atoms with Gasteiger partial charge >= 0.3 is 0 Å². The van der Waals surface area contributed by atoms with Crippen molar-refractivity contribution in [1.82, 2.24) is 5.32 Å². The van der Waals surface area contributed by atoms with Crippen molar-refractivity contribution >= 4 is 23.2 Å². The Morgan fingerprint density at radius 2 is 2.12 bits per heavy atom. The number of rotatable bonds is 4. The van der Waals surface area contributed by atoms with Crippen LogP contribution in [0, 0.1) is 10.1 Å². The fourth-order valence-corrected chi connectivity index (χ4v) is 3.15. The largest absolute Gasteiger partial charge is 0.496 e. The fourth-order valence-electron chi connectivity index (χ4n) is 2.96. The van der Waals surface area contributed by atoms with Gasteiger partial charge < -0.3 is 10.1 Å². The first-order valence-electron chi connectivity index (χ1n) is 7.41. The van der Waals surface area contributed by atoms with Gasteiger partial charge in [-0.25, -0.2) is 0 Å². The summed E-state index contributed by atoms with van der Waals surface area (Å²) in [5, 5.41) is 14.5. The zero-order chi connectivity index (χ0) is 17.3. The number of fused-ring (bicyclic) bond motifs is 1. The van der Waals surface area contributed by atoms with E-state index >= 15 is 0 Å². The van der Waals surface area contributed by atoms with E-state index in [0.717, 1.165) is 24.0 Å². The molecule has 0 aromatic heterocycles. The summed E-state index contributed by atoms with van der Waals surface area (Å²) in [7, 11) is 1.42. The topological polar surface area (TPSA) is 81.5 Å². The summed E-state index contributed by atoms with van der Waals surface area (Å²) in [6.45, 7) is 0. The van der Waals surface area contributed by atoms with Crippen LogP contribution in [0.3, 0.4) is 0 Å². The molecular weight excluding hydrogens is 332 g/mol. The van der Waals surface area contributed by atoms with E-state index in [-0.39, 0.29) is 17.3 Å². The van der Waals surface area contributed by atoms with Gasteiger partial charge in [-0.3, -0.25) is 14.9 Å². The molecule has 124 valence electrons. The number of benzene rings is 2. The highest BCUT2D eigenvalue weighted by atomic mass is 35.5. The van der Waals surface area contributed by atoms with E-state index < -0.39 is 10.8 Å². The van der Waals surface area contributed by atoms with Crippen molar-refractivity contribution in [3.05, 3.63) is 68.2 Å². The van der Waals surface area contributed by atoms with Crippen molar-refractivity contribution in [2.45, 2.75) is 18.9 Å². The van der Waals surface area contributed by atoms with Crippen molar-refractivity contribution < 1.29 is 14.5 Å². The lowest BCUT2D eigenvalue weighted by molar-refractivity contribution is -0.384. The Kier molecular flexibility index (Phi) is 4.40. The summed E-state index contributed by atoms with van der Waals surface area (Å²) in [5.41, 5.74) is 2.13. The highest BCUT2D eigenvalue weighted by Gasteiger charge is 2.26. The molecule has 0 aliphatic heterocycles. The van der Waals surface area contributed by atoms with Gasteiger partial charge in [-0.05, 0) is 42.2 Å². The molecule has 1 atom stereocenters. The lowest BCUT2D eigenvalue weighted by Crippen LogP contribution is -2.27. The number of nitro groups is 1. The van der Waals surface area contributed by atoms with Crippen LogP contribution in [0.5, 0.6) is 5.75 Å². The van der Waals surface area contributed by atoms with Gasteiger partial charge in [0, 0.05) is 17.2 Å². The maximum Gasteiger partial charge on any atom is 0.270 e. The minimum Gasteiger partial charge on any atom is -0.496 e. The summed E-state index contributed by atoms with van der Waals surface area (Å²) in [6, 6.07) is 9.41. The number of methoxy groups -OCH3 is 1. The minimum absolute atomic E-state index is 0.145. The van der Waals surface area contributed by atoms with Crippen molar-refractivity contribution in [2.24, 2.45) is 0 Å². The first-order chi connectivity index (χ1) is 11.5. The average Bonchev–Trinajstić information content (AvgIpc) is 2.95. The van der Waals surface area contributed by atoms with E-state index in [1.807, 2.05) is 12.1 Å². The first kappa shape index (κ1) is 16.3. The van der Waals surface area contributed by atoms with Crippen molar-refractivity contribution in [3.8, 4) is 5.75 Å². The molecule has 1 amide bonds. The van der Waals surface area contributed by atoms with Gasteiger partial charge in [-0.2, -0.15) is 0 Å². The number of amides is 1. The molecule has 2 aromatic rings. The normalized spacial score (nSPS) is 15.7. The van der Waals surface area contributed by atoms with E-state index in [9.17, 15) is 14.9 Å². The third-order valence-corrected chi connectivity index (χ3v) is 4.36. The predicted octanol–water partition coefficient (Wildman–Crippen LogP) is 3.67. The van der Waals surface area contributed by atoms with Gasteiger partial charge in [-0.1, -0.05) is 17.7 Å². The third-order valence-electron chi connectivity index (χ3n) is 4.13. The van der Waals surface area contributed by atoms with E-state index in [1.54, 1.807) is 6.07 Å². The number of aryl methyl sites for hydroxylation is 1. The standard InChI is InChI=1S/C17H15ClN2O4/c1-24-16-7-4-12(20(22)23)9-14(16)17(21)19-15-6-2-10-8-11(18)3-5-13(10)15/h3-5,7-9,15H,2,6H2,1H3,(H,19,21). The second kappa shape index (κ2) is 6.49. The van der Waals surface area contributed by atoms with E-state index in [0.29, 0.717) is 10.8 Å². The number of non-ortho nitro benzene ring substituents is 1. The zero-order valence-corrected chi connectivity index (χ0v) is 13.7. The van der Waals surface area contributed by atoms with Crippen LogP contribution >= 0.6 is 11.6 Å². The molecule has 0 spiro atoms. The number of halogens is 1. The van der Waals surface area contributed by atoms with Gasteiger partial charge in [-0.15, -0.1) is 0 Å². The summed E-state index contributed by atoms with van der Waals surface area (Å²) in [4.78, 5) is 23.0. The molecule has 1 N–H and O–H groups in total. The molecular formula is C17H15ClN2O4. The Balaban J connectivity index is 1.86. The molecule has 0 saturated carbocycles. The number of hydrogen-bond donors (Lipinski definition) is 1. The molecule has 0 fully saturated rings. The molecule has 24 heavy (non-hydrogen) atoms. The van der Waals surface area contributed by atoms with Crippen molar-refractivity contribution in [1.29, 1.82) is 0 Å². The number of carbonyl (C=O) groups is 1. The second-order valence-electron chi connectivity index (χ2n) is 5.55. The Labute approximate surface area is 143 Å². The lowest BCUT2D eigenvalue weighted by Gasteiger charge is -2.15. The van der Waals surface area contributed by atoms with Crippen LogP contribution in [0.4, 0.5) is 5.69 Å². The quantitative estimate of drug-likeness (QED) is 0.676. The van der Waals surface area contributed by atoms with Crippen LogP contribution < -0.4 is 10.1 Å². The Bertz CT molecular complexity index is 822. The van der Waals surface area contributed by atoms with Crippen LogP contribution in [-0.4, -0.2) is 17.9 Å². The number of nitrogens with one attached hydrogen (secondary N) is 1. The molecule has 1 aliphatic rings. The molecule has 0 heterocycles. The highest BCUT2D eigenvalue weighted by Crippen LogP contribution is 2.33. The summed E-state index contributed by atoms with van der Waals surface area (Å²) in [5.74, 6) is -0.101. The summed E-state index contributed by atoms with van der Waals surface area (Å²) in [6.07, 6.45) is 1.59. The minimum atomic E-state index is -0.539.